The number of carbonyl (C=O) groups is 1. The minimum atomic E-state index is -1.38. The molecular weight excluding hydrogens is 539 g/mol. The van der Waals surface area contributed by atoms with Gasteiger partial charge in [-0.3, -0.25) is 9.36 Å². The van der Waals surface area contributed by atoms with E-state index in [2.05, 4.69) is 70.4 Å². The first-order chi connectivity index (χ1) is 19.9. The minimum absolute atomic E-state index is 0.164. The molecule has 5 atom stereocenters. The summed E-state index contributed by atoms with van der Waals surface area (Å²) in [5.41, 5.74) is 1.17. The van der Waals surface area contributed by atoms with Crippen molar-refractivity contribution in [2.75, 3.05) is 11.9 Å². The highest BCUT2D eigenvalue weighted by Crippen LogP contribution is 2.66. The van der Waals surface area contributed by atoms with E-state index in [0.29, 0.717) is 6.42 Å². The van der Waals surface area contributed by atoms with Gasteiger partial charge in [-0.1, -0.05) is 81.4 Å². The molecule has 0 spiro atoms. The number of carbonyl (C=O) groups excluding carboxylic acids is 1. The van der Waals surface area contributed by atoms with Crippen LogP contribution in [-0.4, -0.2) is 44.9 Å². The van der Waals surface area contributed by atoms with Gasteiger partial charge in [0.1, 0.15) is 17.6 Å². The fourth-order valence-electron chi connectivity index (χ4n) is 6.14. The summed E-state index contributed by atoms with van der Waals surface area (Å²) in [7, 11) is -1.38. The van der Waals surface area contributed by atoms with Crippen molar-refractivity contribution in [3.05, 3.63) is 94.5 Å². The molecule has 0 unspecified atom stereocenters. The summed E-state index contributed by atoms with van der Waals surface area (Å²) in [5, 5.41) is 2.68. The van der Waals surface area contributed by atoms with Crippen LogP contribution >= 0.6 is 8.53 Å². The molecular formula is C31H37N4O5P. The third-order valence-electron chi connectivity index (χ3n) is 8.26. The van der Waals surface area contributed by atoms with Crippen molar-refractivity contribution in [3.8, 4) is 0 Å². The smallest absolute Gasteiger partial charge is 0.351 e. The summed E-state index contributed by atoms with van der Waals surface area (Å²) in [6.07, 6.45) is 4.03. The zero-order valence-electron chi connectivity index (χ0n) is 23.7. The second-order valence-corrected chi connectivity index (χ2v) is 12.6. The van der Waals surface area contributed by atoms with Crippen LogP contribution in [0.3, 0.4) is 0 Å². The normalized spacial score (nSPS) is 27.3. The van der Waals surface area contributed by atoms with Crippen molar-refractivity contribution in [2.45, 2.75) is 76.5 Å². The van der Waals surface area contributed by atoms with Crippen molar-refractivity contribution < 1.29 is 18.6 Å². The standard InChI is InChI=1S/C31H37N4O5P/c1-4-24-25(20-28(38-24)34-19-17-27(33-30(34)37)32-29(36)21(2)3)39-41-35-18-11-16-26(35)31(40-41,22-12-7-5-8-13-22)23-14-9-6-10-15-23/h5-10,12-15,17,19,21,24-26,28H,4,11,16,18,20H2,1-3H3,(H,32,33,36,37)/t24-,25-,26+,28-,41+/m1/s1. The minimum Gasteiger partial charge on any atom is -0.352 e. The molecule has 6 rings (SSSR count). The van der Waals surface area contributed by atoms with Crippen LogP contribution in [0.25, 0.3) is 0 Å². The summed E-state index contributed by atoms with van der Waals surface area (Å²) in [5.74, 6) is -0.158. The van der Waals surface area contributed by atoms with Gasteiger partial charge in [0.25, 0.3) is 8.53 Å². The van der Waals surface area contributed by atoms with Gasteiger partial charge in [0.2, 0.25) is 5.91 Å². The van der Waals surface area contributed by atoms with E-state index in [1.165, 1.54) is 4.57 Å². The SMILES string of the molecule is CC[C@H]1O[C@@H](n2ccc(NC(=O)C(C)C)nc2=O)C[C@H]1O[P@@]1OC(c2ccccc2)(c2ccccc2)[C@@H]2CCCN21. The van der Waals surface area contributed by atoms with Crippen LogP contribution < -0.4 is 11.0 Å². The average Bonchev–Trinajstić information content (AvgIpc) is 3.70. The number of nitrogens with one attached hydrogen (secondary N) is 1. The van der Waals surface area contributed by atoms with Gasteiger partial charge < -0.3 is 19.1 Å². The van der Waals surface area contributed by atoms with Gasteiger partial charge in [-0.2, -0.15) is 4.98 Å². The van der Waals surface area contributed by atoms with Crippen molar-refractivity contribution in [2.24, 2.45) is 5.92 Å². The summed E-state index contributed by atoms with van der Waals surface area (Å²) >= 11 is 0. The van der Waals surface area contributed by atoms with Crippen LogP contribution in [0.5, 0.6) is 0 Å². The molecule has 1 N–H and O–H groups in total. The lowest BCUT2D eigenvalue weighted by Crippen LogP contribution is -2.40. The van der Waals surface area contributed by atoms with Gasteiger partial charge >= 0.3 is 5.69 Å². The molecule has 1 aromatic heterocycles. The zero-order valence-corrected chi connectivity index (χ0v) is 24.6. The maximum Gasteiger partial charge on any atom is 0.351 e. The number of hydrogen-bond donors (Lipinski definition) is 1. The maximum atomic E-state index is 12.9. The molecule has 3 fully saturated rings. The number of nitrogens with zero attached hydrogens (tertiary/aromatic N) is 3. The van der Waals surface area contributed by atoms with E-state index in [0.717, 1.165) is 36.9 Å². The molecule has 3 aromatic rings. The summed E-state index contributed by atoms with van der Waals surface area (Å²) in [6, 6.07) is 22.7. The number of aromatic nitrogens is 2. The summed E-state index contributed by atoms with van der Waals surface area (Å²) in [6.45, 7) is 6.56. The van der Waals surface area contributed by atoms with Crippen molar-refractivity contribution >= 4 is 20.3 Å². The van der Waals surface area contributed by atoms with E-state index in [4.69, 9.17) is 13.8 Å². The van der Waals surface area contributed by atoms with Gasteiger partial charge in [-0.25, -0.2) is 9.46 Å². The fraction of sp³-hybridized carbons (Fsp3) is 0.452. The molecule has 0 saturated carbocycles. The molecule has 2 aromatic carbocycles. The number of amides is 1. The molecule has 0 radical (unpaired) electrons. The predicted molar refractivity (Wildman–Crippen MR) is 157 cm³/mol. The van der Waals surface area contributed by atoms with Crippen LogP contribution in [0.15, 0.2) is 77.7 Å². The van der Waals surface area contributed by atoms with E-state index in [1.54, 1.807) is 26.1 Å². The van der Waals surface area contributed by atoms with Crippen LogP contribution in [-0.2, 0) is 24.2 Å². The van der Waals surface area contributed by atoms with Crippen LogP contribution in [0, 0.1) is 5.92 Å². The summed E-state index contributed by atoms with van der Waals surface area (Å²) < 4.78 is 24.1. The molecule has 1 amide bonds. The van der Waals surface area contributed by atoms with Crippen molar-refractivity contribution in [3.63, 3.8) is 0 Å². The monoisotopic (exact) mass is 576 g/mol. The Balaban J connectivity index is 1.25. The second-order valence-electron chi connectivity index (χ2n) is 11.2. The molecule has 9 nitrogen and oxygen atoms in total. The molecule has 41 heavy (non-hydrogen) atoms. The number of fused-ring (bicyclic) bond motifs is 1. The van der Waals surface area contributed by atoms with Crippen LogP contribution in [0.4, 0.5) is 5.82 Å². The van der Waals surface area contributed by atoms with E-state index in [1.807, 2.05) is 12.1 Å². The lowest BCUT2D eigenvalue weighted by molar-refractivity contribution is -0.118. The largest absolute Gasteiger partial charge is 0.352 e. The lowest BCUT2D eigenvalue weighted by atomic mass is 9.79. The Bertz CT molecular complexity index is 1380. The summed E-state index contributed by atoms with van der Waals surface area (Å²) in [4.78, 5) is 29.0. The molecule has 3 aliphatic rings. The van der Waals surface area contributed by atoms with E-state index >= 15 is 0 Å². The highest BCUT2D eigenvalue weighted by atomic mass is 31.2. The Labute approximate surface area is 241 Å². The Kier molecular flexibility index (Phi) is 8.07. The topological polar surface area (TPSA) is 94.9 Å². The number of benzene rings is 2. The van der Waals surface area contributed by atoms with E-state index < -0.39 is 26.0 Å². The van der Waals surface area contributed by atoms with Crippen LogP contribution in [0.2, 0.25) is 0 Å². The molecule has 3 saturated heterocycles. The third-order valence-corrected chi connectivity index (χ3v) is 10.0. The van der Waals surface area contributed by atoms with Gasteiger partial charge in [0.15, 0.2) is 0 Å². The number of rotatable bonds is 8. The van der Waals surface area contributed by atoms with Crippen molar-refractivity contribution in [1.29, 1.82) is 0 Å². The second kappa shape index (κ2) is 11.7. The van der Waals surface area contributed by atoms with Crippen molar-refractivity contribution in [1.82, 2.24) is 14.2 Å². The van der Waals surface area contributed by atoms with Crippen LogP contribution in [0.1, 0.15) is 63.8 Å². The first-order valence-corrected chi connectivity index (χ1v) is 15.6. The zero-order chi connectivity index (χ0) is 28.6. The molecule has 10 heteroatoms. The van der Waals surface area contributed by atoms with Gasteiger partial charge in [-0.15, -0.1) is 0 Å². The van der Waals surface area contributed by atoms with Gasteiger partial charge in [0, 0.05) is 25.1 Å². The molecule has 0 bridgehead atoms. The number of anilines is 1. The third kappa shape index (κ3) is 5.26. The maximum absolute atomic E-state index is 12.9. The first-order valence-electron chi connectivity index (χ1n) is 14.5. The molecule has 216 valence electrons. The predicted octanol–water partition coefficient (Wildman–Crippen LogP) is 5.59. The van der Waals surface area contributed by atoms with E-state index in [9.17, 15) is 9.59 Å². The van der Waals surface area contributed by atoms with Gasteiger partial charge in [0.05, 0.1) is 18.2 Å². The molecule has 0 aliphatic carbocycles. The number of ether oxygens (including phenoxy) is 1. The molecule has 4 heterocycles. The Morgan fingerprint density at radius 3 is 2.41 bits per heavy atom. The Hall–Kier alpha value is -2.94. The number of hydrogen-bond acceptors (Lipinski definition) is 7. The highest BCUT2D eigenvalue weighted by molar-refractivity contribution is 7.45. The fourth-order valence-corrected chi connectivity index (χ4v) is 8.25. The Morgan fingerprint density at radius 1 is 1.12 bits per heavy atom. The lowest BCUT2D eigenvalue weighted by Gasteiger charge is -2.34. The highest BCUT2D eigenvalue weighted by Gasteiger charge is 2.59. The Morgan fingerprint density at radius 2 is 1.80 bits per heavy atom. The van der Waals surface area contributed by atoms with E-state index in [-0.39, 0.29) is 35.9 Å². The van der Waals surface area contributed by atoms with Gasteiger partial charge in [-0.05, 0) is 36.5 Å². The average molecular weight is 577 g/mol. The first kappa shape index (κ1) is 28.2. The quantitative estimate of drug-likeness (QED) is 0.350. The molecule has 3 aliphatic heterocycles.